The second-order valence-electron chi connectivity index (χ2n) is 5.78. The zero-order chi connectivity index (χ0) is 15.6. The molecular weight excluding hydrogens is 310 g/mol. The predicted octanol–water partition coefficient (Wildman–Crippen LogP) is 3.96. The van der Waals surface area contributed by atoms with E-state index in [1.807, 2.05) is 12.3 Å². The molecule has 1 aliphatic carbocycles. The van der Waals surface area contributed by atoms with E-state index in [4.69, 9.17) is 11.6 Å². The number of carbonyl (C=O) groups is 2. The Labute approximate surface area is 133 Å². The summed E-state index contributed by atoms with van der Waals surface area (Å²) in [6.45, 7) is 1.86. The smallest absolute Gasteiger partial charge is 0.305 e. The highest BCUT2D eigenvalue weighted by Gasteiger charge is 2.41. The number of hydrogen-bond acceptors (Lipinski definition) is 3. The average Bonchev–Trinajstić information content (AvgIpc) is 2.78. The summed E-state index contributed by atoms with van der Waals surface area (Å²) in [5.41, 5.74) is 0.303. The Morgan fingerprint density at radius 3 is 2.48 bits per heavy atom. The number of halogens is 1. The fraction of sp³-hybridized carbons (Fsp3) is 0.600. The number of thiophene rings is 1. The highest BCUT2D eigenvalue weighted by atomic mass is 35.5. The Morgan fingerprint density at radius 2 is 2.00 bits per heavy atom. The molecule has 1 amide bonds. The van der Waals surface area contributed by atoms with Gasteiger partial charge < -0.3 is 10.0 Å². The fourth-order valence-electron chi connectivity index (χ4n) is 3.06. The summed E-state index contributed by atoms with van der Waals surface area (Å²) in [5.74, 6) is -1.02. The van der Waals surface area contributed by atoms with Crippen molar-refractivity contribution in [3.63, 3.8) is 0 Å². The molecule has 1 aromatic heterocycles. The van der Waals surface area contributed by atoms with Crippen LogP contribution in [-0.2, 0) is 4.79 Å². The highest BCUT2D eigenvalue weighted by molar-refractivity contribution is 7.13. The molecular formula is C15H20ClNO3S. The van der Waals surface area contributed by atoms with Crippen LogP contribution in [0.15, 0.2) is 5.38 Å². The monoisotopic (exact) mass is 329 g/mol. The van der Waals surface area contributed by atoms with E-state index in [1.165, 1.54) is 11.3 Å². The normalized spacial score (nSPS) is 17.5. The third-order valence-electron chi connectivity index (χ3n) is 4.37. The van der Waals surface area contributed by atoms with E-state index in [9.17, 15) is 14.7 Å². The van der Waals surface area contributed by atoms with Crippen molar-refractivity contribution in [1.29, 1.82) is 0 Å². The lowest BCUT2D eigenvalue weighted by atomic mass is 9.78. The summed E-state index contributed by atoms with van der Waals surface area (Å²) < 4.78 is 0. The number of rotatable bonds is 4. The van der Waals surface area contributed by atoms with E-state index in [1.54, 1.807) is 11.9 Å². The first kappa shape index (κ1) is 16.3. The molecule has 21 heavy (non-hydrogen) atoms. The maximum absolute atomic E-state index is 12.7. The summed E-state index contributed by atoms with van der Waals surface area (Å²) in [6.07, 6.45) is 4.50. The molecule has 0 atom stereocenters. The summed E-state index contributed by atoms with van der Waals surface area (Å²) >= 11 is 7.51. The average molecular weight is 330 g/mol. The first-order valence-corrected chi connectivity index (χ1v) is 8.37. The van der Waals surface area contributed by atoms with Crippen molar-refractivity contribution in [2.24, 2.45) is 0 Å². The molecule has 2 rings (SSSR count). The van der Waals surface area contributed by atoms with Crippen molar-refractivity contribution in [2.45, 2.75) is 51.0 Å². The minimum atomic E-state index is -0.856. The Morgan fingerprint density at radius 1 is 1.38 bits per heavy atom. The predicted molar refractivity (Wildman–Crippen MR) is 84.2 cm³/mol. The maximum Gasteiger partial charge on any atom is 0.305 e. The van der Waals surface area contributed by atoms with E-state index in [0.29, 0.717) is 9.90 Å². The third kappa shape index (κ3) is 3.24. The molecule has 1 heterocycles. The van der Waals surface area contributed by atoms with Gasteiger partial charge in [0.15, 0.2) is 0 Å². The molecule has 0 saturated heterocycles. The van der Waals surface area contributed by atoms with E-state index in [0.717, 1.165) is 37.7 Å². The van der Waals surface area contributed by atoms with Gasteiger partial charge in [-0.25, -0.2) is 0 Å². The van der Waals surface area contributed by atoms with Gasteiger partial charge in [-0.1, -0.05) is 30.9 Å². The van der Waals surface area contributed by atoms with Gasteiger partial charge in [0.05, 0.1) is 17.0 Å². The molecule has 0 aliphatic heterocycles. The number of carbonyl (C=O) groups excluding carboxylic acids is 1. The van der Waals surface area contributed by atoms with Crippen LogP contribution in [0.3, 0.4) is 0 Å². The number of carboxylic acid groups (broad SMARTS) is 1. The summed E-state index contributed by atoms with van der Waals surface area (Å²) in [5, 5.41) is 11.6. The van der Waals surface area contributed by atoms with Gasteiger partial charge in [-0.2, -0.15) is 0 Å². The lowest BCUT2D eigenvalue weighted by Gasteiger charge is -2.43. The van der Waals surface area contributed by atoms with E-state index >= 15 is 0 Å². The number of aryl methyl sites for hydroxylation is 1. The molecule has 0 spiro atoms. The molecule has 0 radical (unpaired) electrons. The first-order valence-electron chi connectivity index (χ1n) is 7.11. The van der Waals surface area contributed by atoms with Gasteiger partial charge in [0.25, 0.3) is 5.91 Å². The minimum Gasteiger partial charge on any atom is -0.481 e. The fourth-order valence-corrected chi connectivity index (χ4v) is 4.31. The lowest BCUT2D eigenvalue weighted by molar-refractivity contribution is -0.140. The zero-order valence-corrected chi connectivity index (χ0v) is 13.9. The molecule has 0 unspecified atom stereocenters. The molecule has 1 fully saturated rings. The van der Waals surface area contributed by atoms with Crippen molar-refractivity contribution in [2.75, 3.05) is 7.05 Å². The van der Waals surface area contributed by atoms with Crippen LogP contribution in [0.5, 0.6) is 0 Å². The van der Waals surface area contributed by atoms with Crippen LogP contribution in [0.25, 0.3) is 0 Å². The van der Waals surface area contributed by atoms with Crippen LogP contribution in [0, 0.1) is 6.92 Å². The van der Waals surface area contributed by atoms with E-state index in [2.05, 4.69) is 0 Å². The van der Waals surface area contributed by atoms with Crippen molar-refractivity contribution in [3.8, 4) is 0 Å². The maximum atomic E-state index is 12.7. The number of amides is 1. The third-order valence-corrected chi connectivity index (χ3v) is 6.06. The standard InChI is InChI=1S/C15H20ClNO3S/c1-10-9-21-13(12(10)16)14(20)17(2)15(8-11(18)19)6-4-3-5-7-15/h9H,3-8H2,1-2H3,(H,18,19). The van der Waals surface area contributed by atoms with Crippen molar-refractivity contribution >= 4 is 34.8 Å². The summed E-state index contributed by atoms with van der Waals surface area (Å²) in [7, 11) is 1.71. The van der Waals surface area contributed by atoms with E-state index < -0.39 is 11.5 Å². The van der Waals surface area contributed by atoms with Gasteiger partial charge in [-0.3, -0.25) is 9.59 Å². The molecule has 0 bridgehead atoms. The molecule has 6 heteroatoms. The molecule has 1 saturated carbocycles. The number of nitrogens with zero attached hydrogens (tertiary/aromatic N) is 1. The number of hydrogen-bond donors (Lipinski definition) is 1. The molecule has 0 aromatic carbocycles. The van der Waals surface area contributed by atoms with Crippen molar-refractivity contribution in [3.05, 3.63) is 20.8 Å². The lowest BCUT2D eigenvalue weighted by Crippen LogP contribution is -2.52. The largest absolute Gasteiger partial charge is 0.481 e. The van der Waals surface area contributed by atoms with E-state index in [-0.39, 0.29) is 12.3 Å². The summed E-state index contributed by atoms with van der Waals surface area (Å²) in [4.78, 5) is 26.1. The van der Waals surface area contributed by atoms with Crippen LogP contribution in [0.1, 0.15) is 53.8 Å². The molecule has 1 aromatic rings. The van der Waals surface area contributed by atoms with Crippen LogP contribution in [0.4, 0.5) is 0 Å². The van der Waals surface area contributed by atoms with Crippen LogP contribution < -0.4 is 0 Å². The zero-order valence-electron chi connectivity index (χ0n) is 12.3. The SMILES string of the molecule is Cc1csc(C(=O)N(C)C2(CC(=O)O)CCCCC2)c1Cl. The molecule has 1 N–H and O–H groups in total. The van der Waals surface area contributed by atoms with Crippen molar-refractivity contribution in [1.82, 2.24) is 4.90 Å². The quantitative estimate of drug-likeness (QED) is 0.909. The molecule has 1 aliphatic rings. The van der Waals surface area contributed by atoms with Crippen LogP contribution in [0.2, 0.25) is 5.02 Å². The van der Waals surface area contributed by atoms with Gasteiger partial charge in [0, 0.05) is 7.05 Å². The van der Waals surface area contributed by atoms with Crippen LogP contribution in [-0.4, -0.2) is 34.5 Å². The topological polar surface area (TPSA) is 57.6 Å². The van der Waals surface area contributed by atoms with Gasteiger partial charge in [-0.15, -0.1) is 11.3 Å². The first-order chi connectivity index (χ1) is 9.87. The second-order valence-corrected chi connectivity index (χ2v) is 7.04. The summed E-state index contributed by atoms with van der Waals surface area (Å²) in [6, 6.07) is 0. The van der Waals surface area contributed by atoms with Gasteiger partial charge in [0.1, 0.15) is 4.88 Å². The molecule has 116 valence electrons. The second kappa shape index (κ2) is 6.36. The Hall–Kier alpha value is -1.07. The Bertz CT molecular complexity index is 549. The highest BCUT2D eigenvalue weighted by Crippen LogP contribution is 2.38. The van der Waals surface area contributed by atoms with Gasteiger partial charge in [0.2, 0.25) is 0 Å². The van der Waals surface area contributed by atoms with Gasteiger partial charge in [-0.05, 0) is 30.7 Å². The minimum absolute atomic E-state index is 0.00276. The van der Waals surface area contributed by atoms with Gasteiger partial charge >= 0.3 is 5.97 Å². The van der Waals surface area contributed by atoms with Crippen LogP contribution >= 0.6 is 22.9 Å². The molecule has 4 nitrogen and oxygen atoms in total. The van der Waals surface area contributed by atoms with Crippen molar-refractivity contribution < 1.29 is 14.7 Å². The number of aliphatic carboxylic acids is 1. The Kier molecular flexibility index (Phi) is 4.94. The number of carboxylic acids is 1. The Balaban J connectivity index is 2.29.